The Labute approximate surface area is 243 Å². The molecule has 0 saturated carbocycles. The Balaban J connectivity index is 2.34. The van der Waals surface area contributed by atoms with E-state index in [2.05, 4.69) is 157 Å². The third kappa shape index (κ3) is 7.69. The molecule has 2 aromatic rings. The monoisotopic (exact) mass is 872 g/mol. The molecule has 0 aliphatic rings. The van der Waals surface area contributed by atoms with Gasteiger partial charge in [0.25, 0.3) is 0 Å². The highest BCUT2D eigenvalue weighted by atomic mass is 79.9. The second-order valence-corrected chi connectivity index (χ2v) is 13.8. The van der Waals surface area contributed by atoms with Gasteiger partial charge in [0.05, 0.1) is 29.3 Å². The maximum absolute atomic E-state index is 6.04. The van der Waals surface area contributed by atoms with E-state index < -0.39 is 0 Å². The molecule has 9 heteroatoms. The van der Waals surface area contributed by atoms with Crippen LogP contribution in [-0.2, 0) is 5.41 Å². The first kappa shape index (κ1) is 28.6. The lowest BCUT2D eigenvalue weighted by Gasteiger charge is -2.28. The smallest absolute Gasteiger partial charge is 0.147 e. The molecule has 0 saturated heterocycles. The lowest BCUT2D eigenvalue weighted by Crippen LogP contribution is -2.20. The number of hydrogen-bond acceptors (Lipinski definition) is 2. The Kier molecular flexibility index (Phi) is 11.9. The van der Waals surface area contributed by atoms with Crippen molar-refractivity contribution in [3.63, 3.8) is 0 Å². The van der Waals surface area contributed by atoms with E-state index in [1.165, 1.54) is 5.56 Å². The lowest BCUT2D eigenvalue weighted by molar-refractivity contribution is 0.271. The topological polar surface area (TPSA) is 18.5 Å². The molecule has 2 rings (SSSR count). The predicted octanol–water partition coefficient (Wildman–Crippen LogP) is 10.0. The molecular formula is C22H23Br7O2. The van der Waals surface area contributed by atoms with Crippen LogP contribution in [0, 0.1) is 5.92 Å². The van der Waals surface area contributed by atoms with Crippen LogP contribution in [0.1, 0.15) is 31.9 Å². The van der Waals surface area contributed by atoms with E-state index in [1.54, 1.807) is 0 Å². The van der Waals surface area contributed by atoms with Gasteiger partial charge in [-0.25, -0.2) is 0 Å². The van der Waals surface area contributed by atoms with Gasteiger partial charge in [0.2, 0.25) is 0 Å². The van der Waals surface area contributed by atoms with Crippen LogP contribution in [0.2, 0.25) is 0 Å². The molecule has 2 nitrogen and oxygen atoms in total. The van der Waals surface area contributed by atoms with E-state index >= 15 is 0 Å². The minimum absolute atomic E-state index is 0.246. The summed E-state index contributed by atoms with van der Waals surface area (Å²) in [5.74, 6) is 2.06. The van der Waals surface area contributed by atoms with Gasteiger partial charge in [-0.15, -0.1) is 0 Å². The molecule has 0 aromatic heterocycles. The fourth-order valence-corrected chi connectivity index (χ4v) is 6.11. The van der Waals surface area contributed by atoms with Crippen molar-refractivity contribution in [3.05, 3.63) is 53.3 Å². The molecule has 0 aliphatic heterocycles. The van der Waals surface area contributed by atoms with Crippen LogP contribution in [0.5, 0.6) is 11.5 Å². The van der Waals surface area contributed by atoms with Gasteiger partial charge in [0.15, 0.2) is 0 Å². The van der Waals surface area contributed by atoms with Crippen LogP contribution in [0.25, 0.3) is 0 Å². The normalized spacial score (nSPS) is 13.7. The molecule has 0 heterocycles. The van der Waals surface area contributed by atoms with E-state index in [1.807, 2.05) is 0 Å². The first-order chi connectivity index (χ1) is 14.5. The summed E-state index contributed by atoms with van der Waals surface area (Å²) in [5.41, 5.74) is 2.08. The van der Waals surface area contributed by atoms with Crippen LogP contribution >= 0.6 is 112 Å². The highest BCUT2D eigenvalue weighted by Gasteiger charge is 2.27. The molecule has 0 bridgehead atoms. The van der Waals surface area contributed by atoms with Gasteiger partial charge in [-0.2, -0.15) is 0 Å². The second kappa shape index (κ2) is 12.9. The quantitative estimate of drug-likeness (QED) is 0.222. The van der Waals surface area contributed by atoms with Gasteiger partial charge < -0.3 is 9.47 Å². The molecule has 172 valence electrons. The number of halogens is 7. The summed E-state index contributed by atoms with van der Waals surface area (Å²) in [4.78, 5) is 0.246. The number of benzene rings is 2. The van der Waals surface area contributed by atoms with Crippen LogP contribution in [0.4, 0.5) is 0 Å². The average Bonchev–Trinajstić information content (AvgIpc) is 2.71. The Morgan fingerprint density at radius 2 is 1.13 bits per heavy atom. The molecule has 0 spiro atoms. The molecule has 2 atom stereocenters. The minimum Gasteiger partial charge on any atom is -0.491 e. The van der Waals surface area contributed by atoms with E-state index in [0.29, 0.717) is 19.1 Å². The lowest BCUT2D eigenvalue weighted by atomic mass is 9.78. The standard InChI is InChI=1S/C22H23Br7O2/c1-12(8-23)10-30-20-16(26)4-13(5-17(20)27)22(2,3)14-6-18(28)21(19(29)7-14)31-11-15(25)9-24/h4-7,12,15H,8-11H2,1-3H3. The molecular weight excluding hydrogens is 856 g/mol. The molecule has 0 amide bonds. The molecule has 2 aromatic carbocycles. The SMILES string of the molecule is CC(CBr)COc1c(Br)cc(C(C)(C)c2cc(Br)c(OCC(Br)CBr)c(Br)c2)cc1Br. The number of ether oxygens (including phenoxy) is 2. The summed E-state index contributed by atoms with van der Waals surface area (Å²) in [5, 5.41) is 1.73. The van der Waals surface area contributed by atoms with Crippen LogP contribution < -0.4 is 9.47 Å². The van der Waals surface area contributed by atoms with E-state index in [9.17, 15) is 0 Å². The average molecular weight is 879 g/mol. The summed E-state index contributed by atoms with van der Waals surface area (Å²) in [6.07, 6.45) is 0. The highest BCUT2D eigenvalue weighted by molar-refractivity contribution is 9.12. The Morgan fingerprint density at radius 3 is 1.48 bits per heavy atom. The van der Waals surface area contributed by atoms with Crippen molar-refractivity contribution >= 4 is 112 Å². The molecule has 2 unspecified atom stereocenters. The summed E-state index contributed by atoms with van der Waals surface area (Å²) in [6.45, 7) is 7.79. The fraction of sp³-hybridized carbons (Fsp3) is 0.455. The van der Waals surface area contributed by atoms with Crippen molar-refractivity contribution in [1.82, 2.24) is 0 Å². The van der Waals surface area contributed by atoms with Crippen molar-refractivity contribution < 1.29 is 9.47 Å². The highest BCUT2D eigenvalue weighted by Crippen LogP contribution is 2.44. The van der Waals surface area contributed by atoms with Crippen LogP contribution in [0.3, 0.4) is 0 Å². The Bertz CT molecular complexity index is 784. The summed E-state index contributed by atoms with van der Waals surface area (Å²) < 4.78 is 15.7. The first-order valence-corrected chi connectivity index (χ1v) is 15.8. The van der Waals surface area contributed by atoms with E-state index in [-0.39, 0.29) is 10.2 Å². The summed E-state index contributed by atoms with van der Waals surface area (Å²) in [7, 11) is 0. The summed E-state index contributed by atoms with van der Waals surface area (Å²) >= 11 is 25.3. The number of hydrogen-bond donors (Lipinski definition) is 0. The zero-order valence-corrected chi connectivity index (χ0v) is 28.4. The zero-order valence-electron chi connectivity index (χ0n) is 17.3. The van der Waals surface area contributed by atoms with E-state index in [4.69, 9.17) is 9.47 Å². The molecule has 0 fully saturated rings. The van der Waals surface area contributed by atoms with Gasteiger partial charge in [0.1, 0.15) is 18.1 Å². The Morgan fingerprint density at radius 1 is 0.742 bits per heavy atom. The minimum atomic E-state index is -0.246. The molecule has 0 radical (unpaired) electrons. The second-order valence-electron chi connectivity index (χ2n) is 7.80. The third-order valence-corrected chi connectivity index (χ3v) is 10.5. The van der Waals surface area contributed by atoms with Crippen LogP contribution in [0.15, 0.2) is 42.2 Å². The van der Waals surface area contributed by atoms with Gasteiger partial charge in [-0.1, -0.05) is 68.6 Å². The van der Waals surface area contributed by atoms with Crippen molar-refractivity contribution in [2.75, 3.05) is 23.9 Å². The van der Waals surface area contributed by atoms with Gasteiger partial charge in [0, 0.05) is 16.1 Å². The van der Waals surface area contributed by atoms with Crippen molar-refractivity contribution in [1.29, 1.82) is 0 Å². The van der Waals surface area contributed by atoms with Gasteiger partial charge in [-0.05, 0) is 105 Å². The third-order valence-electron chi connectivity index (χ3n) is 4.79. The number of alkyl halides is 3. The zero-order chi connectivity index (χ0) is 23.3. The van der Waals surface area contributed by atoms with Crippen molar-refractivity contribution in [2.45, 2.75) is 31.0 Å². The van der Waals surface area contributed by atoms with Gasteiger partial charge >= 0.3 is 0 Å². The summed E-state index contributed by atoms with van der Waals surface area (Å²) in [6, 6.07) is 8.52. The molecule has 31 heavy (non-hydrogen) atoms. The number of rotatable bonds is 10. The van der Waals surface area contributed by atoms with Gasteiger partial charge in [-0.3, -0.25) is 0 Å². The maximum Gasteiger partial charge on any atom is 0.147 e. The predicted molar refractivity (Wildman–Crippen MR) is 156 cm³/mol. The Hall–Kier alpha value is 1.40. The van der Waals surface area contributed by atoms with Crippen molar-refractivity contribution in [2.24, 2.45) is 5.92 Å². The fourth-order valence-electron chi connectivity index (χ4n) is 2.77. The molecule has 0 N–H and O–H groups in total. The van der Waals surface area contributed by atoms with Crippen molar-refractivity contribution in [3.8, 4) is 11.5 Å². The van der Waals surface area contributed by atoms with E-state index in [0.717, 1.165) is 45.6 Å². The largest absolute Gasteiger partial charge is 0.491 e. The first-order valence-electron chi connectivity index (χ1n) is 9.51. The molecule has 0 aliphatic carbocycles. The van der Waals surface area contributed by atoms with Crippen LogP contribution in [-0.4, -0.2) is 28.7 Å². The maximum atomic E-state index is 6.04.